The number of hydrogen-bond donors (Lipinski definition) is 0. The van der Waals surface area contributed by atoms with E-state index in [-0.39, 0.29) is 35.5 Å². The SMILES string of the molecule is Cc1cc(/C=N\N2C(=O)[C@@H]3[C@@H](C2=O)[C@H]2C=C[C@H]3CC2)c(C)n1-c1cccc(Br)c1. The quantitative estimate of drug-likeness (QED) is 0.394. The zero-order chi connectivity index (χ0) is 20.3. The van der Waals surface area contributed by atoms with Crippen LogP contribution in [0.2, 0.25) is 0 Å². The van der Waals surface area contributed by atoms with Crippen LogP contribution in [0.25, 0.3) is 5.69 Å². The Bertz CT molecular complexity index is 1050. The van der Waals surface area contributed by atoms with Crippen molar-refractivity contribution in [2.75, 3.05) is 0 Å². The van der Waals surface area contributed by atoms with Crippen molar-refractivity contribution in [3.05, 3.63) is 63.9 Å². The number of amides is 2. The van der Waals surface area contributed by atoms with Crippen LogP contribution in [0, 0.1) is 37.5 Å². The lowest BCUT2D eigenvalue weighted by atomic mass is 9.63. The second-order valence-electron chi connectivity index (χ2n) is 8.22. The van der Waals surface area contributed by atoms with E-state index >= 15 is 0 Å². The van der Waals surface area contributed by atoms with E-state index in [1.54, 1.807) is 6.21 Å². The molecule has 6 heteroatoms. The zero-order valence-electron chi connectivity index (χ0n) is 16.4. The number of aryl methyl sites for hydroxylation is 1. The van der Waals surface area contributed by atoms with E-state index in [0.717, 1.165) is 45.0 Å². The molecule has 0 radical (unpaired) electrons. The van der Waals surface area contributed by atoms with Crippen LogP contribution < -0.4 is 0 Å². The van der Waals surface area contributed by atoms with Crippen molar-refractivity contribution in [1.29, 1.82) is 0 Å². The summed E-state index contributed by atoms with van der Waals surface area (Å²) >= 11 is 3.52. The number of nitrogens with zero attached hydrogens (tertiary/aromatic N) is 3. The fourth-order valence-corrected chi connectivity index (χ4v) is 5.61. The zero-order valence-corrected chi connectivity index (χ0v) is 18.0. The topological polar surface area (TPSA) is 54.7 Å². The molecule has 1 saturated carbocycles. The fourth-order valence-electron chi connectivity index (χ4n) is 5.22. The van der Waals surface area contributed by atoms with Crippen LogP contribution in [0.4, 0.5) is 0 Å². The molecule has 4 atom stereocenters. The maximum absolute atomic E-state index is 12.9. The summed E-state index contributed by atoms with van der Waals surface area (Å²) in [6.07, 6.45) is 7.89. The predicted octanol–water partition coefficient (Wildman–Crippen LogP) is 4.39. The molecular weight excluding hydrogens is 430 g/mol. The highest BCUT2D eigenvalue weighted by molar-refractivity contribution is 9.10. The minimum absolute atomic E-state index is 0.143. The van der Waals surface area contributed by atoms with E-state index in [0.29, 0.717) is 0 Å². The number of hydrazone groups is 1. The molecule has 2 fully saturated rings. The number of aromatic nitrogens is 1. The van der Waals surface area contributed by atoms with Gasteiger partial charge in [0.15, 0.2) is 0 Å². The molecule has 0 unspecified atom stereocenters. The van der Waals surface area contributed by atoms with E-state index in [1.165, 1.54) is 0 Å². The lowest BCUT2D eigenvalue weighted by Gasteiger charge is -2.37. The molecule has 29 heavy (non-hydrogen) atoms. The average Bonchev–Trinajstić information content (AvgIpc) is 3.15. The molecule has 1 saturated heterocycles. The van der Waals surface area contributed by atoms with E-state index < -0.39 is 0 Å². The largest absolute Gasteiger partial charge is 0.318 e. The highest BCUT2D eigenvalue weighted by Crippen LogP contribution is 2.49. The normalized spacial score (nSPS) is 28.0. The van der Waals surface area contributed by atoms with Gasteiger partial charge in [-0.1, -0.05) is 34.1 Å². The van der Waals surface area contributed by atoms with Crippen molar-refractivity contribution >= 4 is 34.0 Å². The van der Waals surface area contributed by atoms with Gasteiger partial charge in [0.1, 0.15) is 0 Å². The molecule has 0 spiro atoms. The van der Waals surface area contributed by atoms with Crippen molar-refractivity contribution in [2.24, 2.45) is 28.8 Å². The third kappa shape index (κ3) is 2.84. The van der Waals surface area contributed by atoms with Crippen molar-refractivity contribution in [3.63, 3.8) is 0 Å². The monoisotopic (exact) mass is 451 g/mol. The molecule has 1 aliphatic heterocycles. The lowest BCUT2D eigenvalue weighted by Crippen LogP contribution is -2.38. The number of allylic oxidation sites excluding steroid dienone is 2. The van der Waals surface area contributed by atoms with Gasteiger partial charge in [-0.15, -0.1) is 0 Å². The molecule has 3 aliphatic carbocycles. The number of carbonyl (C=O) groups excluding carboxylic acids is 2. The number of halogens is 1. The Morgan fingerprint density at radius 1 is 1.03 bits per heavy atom. The maximum atomic E-state index is 12.9. The summed E-state index contributed by atoms with van der Waals surface area (Å²) in [7, 11) is 0. The van der Waals surface area contributed by atoms with Gasteiger partial charge in [-0.2, -0.15) is 10.1 Å². The van der Waals surface area contributed by atoms with Crippen LogP contribution in [0.15, 0.2) is 52.1 Å². The molecule has 5 nitrogen and oxygen atoms in total. The van der Waals surface area contributed by atoms with Gasteiger partial charge in [-0.3, -0.25) is 9.59 Å². The third-order valence-electron chi connectivity index (χ3n) is 6.59. The summed E-state index contributed by atoms with van der Waals surface area (Å²) in [6, 6.07) is 10.1. The standard InChI is InChI=1S/C23H22BrN3O2/c1-13-10-17(14(2)26(13)19-5-3-4-18(24)11-19)12-25-27-22(28)20-15-6-7-16(9-8-15)21(20)23(27)29/h3-7,10-12,15-16,20-21H,8-9H2,1-2H3/b25-12-/t15-,16-,20-,21-/m0/s1. The van der Waals surface area contributed by atoms with Gasteiger partial charge in [0.05, 0.1) is 18.1 Å². The summed E-state index contributed by atoms with van der Waals surface area (Å²) in [5, 5.41) is 5.49. The summed E-state index contributed by atoms with van der Waals surface area (Å²) in [6.45, 7) is 4.06. The molecule has 6 rings (SSSR count). The summed E-state index contributed by atoms with van der Waals surface area (Å²) in [5.74, 6) is -0.367. The summed E-state index contributed by atoms with van der Waals surface area (Å²) in [4.78, 5) is 25.8. The molecular formula is C23H22BrN3O2. The first kappa shape index (κ1) is 18.6. The van der Waals surface area contributed by atoms with Gasteiger partial charge >= 0.3 is 0 Å². The van der Waals surface area contributed by atoms with Crippen molar-refractivity contribution in [3.8, 4) is 5.69 Å². The van der Waals surface area contributed by atoms with Crippen LogP contribution in [-0.2, 0) is 9.59 Å². The Hall–Kier alpha value is -2.47. The smallest absolute Gasteiger partial charge is 0.254 e. The number of imide groups is 1. The third-order valence-corrected chi connectivity index (χ3v) is 7.08. The van der Waals surface area contributed by atoms with Gasteiger partial charge in [0.2, 0.25) is 0 Å². The Morgan fingerprint density at radius 3 is 2.28 bits per heavy atom. The molecule has 2 bridgehead atoms. The Kier molecular flexibility index (Phi) is 4.35. The van der Waals surface area contributed by atoms with E-state index in [2.05, 4.69) is 43.8 Å². The number of carbonyl (C=O) groups is 2. The van der Waals surface area contributed by atoms with Gasteiger partial charge in [0.25, 0.3) is 11.8 Å². The number of rotatable bonds is 3. The molecule has 2 amide bonds. The van der Waals surface area contributed by atoms with E-state index in [4.69, 9.17) is 0 Å². The molecule has 4 aliphatic rings. The highest BCUT2D eigenvalue weighted by atomic mass is 79.9. The number of fused-ring (bicyclic) bond motifs is 1. The van der Waals surface area contributed by atoms with Gasteiger partial charge < -0.3 is 4.57 Å². The van der Waals surface area contributed by atoms with Gasteiger partial charge in [-0.05, 0) is 62.8 Å². The number of benzene rings is 1. The van der Waals surface area contributed by atoms with Crippen LogP contribution in [0.3, 0.4) is 0 Å². The van der Waals surface area contributed by atoms with Crippen LogP contribution in [0.5, 0.6) is 0 Å². The lowest BCUT2D eigenvalue weighted by molar-refractivity contribution is -0.140. The molecule has 2 aromatic rings. The first-order valence-electron chi connectivity index (χ1n) is 10.0. The van der Waals surface area contributed by atoms with Crippen LogP contribution in [-0.4, -0.2) is 27.6 Å². The van der Waals surface area contributed by atoms with Crippen molar-refractivity contribution in [1.82, 2.24) is 9.58 Å². The molecule has 2 heterocycles. The number of hydrogen-bond acceptors (Lipinski definition) is 3. The van der Waals surface area contributed by atoms with Crippen LogP contribution in [0.1, 0.15) is 29.8 Å². The van der Waals surface area contributed by atoms with E-state index in [1.807, 2.05) is 38.1 Å². The van der Waals surface area contributed by atoms with Crippen LogP contribution >= 0.6 is 15.9 Å². The van der Waals surface area contributed by atoms with Gasteiger partial charge in [0, 0.05) is 27.1 Å². The minimum atomic E-state index is -0.225. The molecule has 1 aromatic heterocycles. The molecule has 1 aromatic carbocycles. The minimum Gasteiger partial charge on any atom is -0.318 e. The Labute approximate surface area is 178 Å². The molecule has 0 N–H and O–H groups in total. The van der Waals surface area contributed by atoms with Crippen molar-refractivity contribution in [2.45, 2.75) is 26.7 Å². The first-order valence-corrected chi connectivity index (χ1v) is 10.8. The Balaban J connectivity index is 1.45. The maximum Gasteiger partial charge on any atom is 0.254 e. The summed E-state index contributed by atoms with van der Waals surface area (Å²) in [5.41, 5.74) is 4.04. The second-order valence-corrected chi connectivity index (χ2v) is 9.13. The summed E-state index contributed by atoms with van der Waals surface area (Å²) < 4.78 is 3.15. The van der Waals surface area contributed by atoms with Gasteiger partial charge in [-0.25, -0.2) is 0 Å². The average molecular weight is 452 g/mol. The fraction of sp³-hybridized carbons (Fsp3) is 0.348. The first-order chi connectivity index (χ1) is 14.0. The Morgan fingerprint density at radius 2 is 1.69 bits per heavy atom. The predicted molar refractivity (Wildman–Crippen MR) is 115 cm³/mol. The van der Waals surface area contributed by atoms with Crippen molar-refractivity contribution < 1.29 is 9.59 Å². The molecule has 148 valence electrons. The van der Waals surface area contributed by atoms with E-state index in [9.17, 15) is 9.59 Å². The second kappa shape index (κ2) is 6.80. The highest BCUT2D eigenvalue weighted by Gasteiger charge is 2.56.